The normalized spacial score (nSPS) is 12.7. The summed E-state index contributed by atoms with van der Waals surface area (Å²) < 4.78 is 16.4. The number of ether oxygens (including phenoxy) is 2. The Hall–Kier alpha value is -3.46. The Morgan fingerprint density at radius 2 is 2.07 bits per heavy atom. The number of fused-ring (bicyclic) bond motifs is 1. The molecule has 2 heterocycles. The molecule has 146 valence electrons. The lowest BCUT2D eigenvalue weighted by Gasteiger charge is -2.27. The van der Waals surface area contributed by atoms with Crippen molar-refractivity contribution in [1.29, 1.82) is 0 Å². The van der Waals surface area contributed by atoms with Crippen molar-refractivity contribution in [3.05, 3.63) is 65.2 Å². The van der Waals surface area contributed by atoms with Gasteiger partial charge in [0.2, 0.25) is 0 Å². The molecule has 1 aliphatic rings. The first-order chi connectivity index (χ1) is 13.7. The second kappa shape index (κ2) is 10.6. The number of hydrogen-bond donors (Lipinski definition) is 0. The Labute approximate surface area is 165 Å². The van der Waals surface area contributed by atoms with Crippen LogP contribution in [0.15, 0.2) is 57.9 Å². The molecule has 0 radical (unpaired) electrons. The van der Waals surface area contributed by atoms with Crippen LogP contribution in [-0.2, 0) is 27.4 Å². The topological polar surface area (TPSA) is 64.3 Å². The quantitative estimate of drug-likeness (QED) is 0.442. The summed E-state index contributed by atoms with van der Waals surface area (Å²) in [7, 11) is 1.33. The highest BCUT2D eigenvalue weighted by Gasteiger charge is 2.34. The van der Waals surface area contributed by atoms with Gasteiger partial charge in [-0.25, -0.2) is 4.79 Å². The summed E-state index contributed by atoms with van der Waals surface area (Å²) in [5.41, 5.74) is 2.11. The summed E-state index contributed by atoms with van der Waals surface area (Å²) >= 11 is 0. The van der Waals surface area contributed by atoms with Crippen molar-refractivity contribution in [3.8, 4) is 12.3 Å². The monoisotopic (exact) mass is 380 g/mol. The van der Waals surface area contributed by atoms with E-state index in [9.17, 15) is 4.79 Å². The molecule has 0 N–H and O–H groups in total. The predicted octanol–water partition coefficient (Wildman–Crippen LogP) is 4.19. The van der Waals surface area contributed by atoms with Crippen LogP contribution in [0.2, 0.25) is 0 Å². The fraction of sp³-hybridized carbons (Fsp3) is 0.273. The van der Waals surface area contributed by atoms with Crippen LogP contribution >= 0.6 is 0 Å². The molecular formula is C22H24N2O4. The van der Waals surface area contributed by atoms with Crippen LogP contribution in [0.25, 0.3) is 5.76 Å². The zero-order chi connectivity index (χ0) is 20.4. The van der Waals surface area contributed by atoms with Gasteiger partial charge in [0.1, 0.15) is 6.61 Å². The number of furan rings is 1. The molecule has 0 saturated carbocycles. The van der Waals surface area contributed by atoms with Crippen molar-refractivity contribution >= 4 is 17.9 Å². The first kappa shape index (κ1) is 20.8. The molecule has 0 saturated heterocycles. The minimum Gasteiger partial charge on any atom is -0.483 e. The minimum absolute atomic E-state index is 0.231. The summed E-state index contributed by atoms with van der Waals surface area (Å²) in [5.74, 6) is 2.78. The van der Waals surface area contributed by atoms with Crippen LogP contribution < -0.4 is 0 Å². The Morgan fingerprint density at radius 1 is 1.36 bits per heavy atom. The molecule has 6 nitrogen and oxygen atoms in total. The number of rotatable bonds is 5. The van der Waals surface area contributed by atoms with E-state index in [1.54, 1.807) is 24.4 Å². The van der Waals surface area contributed by atoms with Gasteiger partial charge in [-0.15, -0.1) is 12.3 Å². The number of benzene rings is 1. The molecule has 2 aromatic rings. The molecule has 1 aliphatic heterocycles. The Kier molecular flexibility index (Phi) is 7.92. The van der Waals surface area contributed by atoms with Gasteiger partial charge < -0.3 is 13.9 Å². The summed E-state index contributed by atoms with van der Waals surface area (Å²) in [5, 5.41) is 5.81. The van der Waals surface area contributed by atoms with Crippen molar-refractivity contribution in [1.82, 2.24) is 5.01 Å². The SMILES string of the molecule is C#CCC.C/C=N\N1Cc2ccoc2C(OCc2ccccc2)=C1C(=O)OC. The number of esters is 1. The maximum Gasteiger partial charge on any atom is 0.360 e. The first-order valence-corrected chi connectivity index (χ1v) is 8.91. The summed E-state index contributed by atoms with van der Waals surface area (Å²) in [6, 6.07) is 11.5. The smallest absolute Gasteiger partial charge is 0.360 e. The number of methoxy groups -OCH3 is 1. The largest absolute Gasteiger partial charge is 0.483 e. The van der Waals surface area contributed by atoms with Crippen LogP contribution in [0.3, 0.4) is 0 Å². The summed E-state index contributed by atoms with van der Waals surface area (Å²) in [6.45, 7) is 4.45. The lowest BCUT2D eigenvalue weighted by molar-refractivity contribution is -0.138. The highest BCUT2D eigenvalue weighted by molar-refractivity contribution is 5.96. The van der Waals surface area contributed by atoms with Gasteiger partial charge in [0.15, 0.2) is 17.2 Å². The molecule has 0 aliphatic carbocycles. The van der Waals surface area contributed by atoms with E-state index in [2.05, 4.69) is 11.0 Å². The summed E-state index contributed by atoms with van der Waals surface area (Å²) in [4.78, 5) is 12.3. The van der Waals surface area contributed by atoms with Crippen LogP contribution in [0.5, 0.6) is 0 Å². The highest BCUT2D eigenvalue weighted by Crippen LogP contribution is 2.34. The van der Waals surface area contributed by atoms with E-state index < -0.39 is 5.97 Å². The van der Waals surface area contributed by atoms with E-state index in [0.717, 1.165) is 17.5 Å². The molecule has 0 fully saturated rings. The third-order valence-electron chi connectivity index (χ3n) is 3.81. The lowest BCUT2D eigenvalue weighted by Crippen LogP contribution is -2.29. The second-order valence-corrected chi connectivity index (χ2v) is 5.71. The van der Waals surface area contributed by atoms with Crippen molar-refractivity contribution in [2.45, 2.75) is 33.4 Å². The van der Waals surface area contributed by atoms with E-state index in [-0.39, 0.29) is 5.70 Å². The van der Waals surface area contributed by atoms with Crippen molar-refractivity contribution in [3.63, 3.8) is 0 Å². The van der Waals surface area contributed by atoms with Gasteiger partial charge in [0.25, 0.3) is 0 Å². The highest BCUT2D eigenvalue weighted by atomic mass is 16.5. The zero-order valence-corrected chi connectivity index (χ0v) is 16.3. The number of nitrogens with zero attached hydrogens (tertiary/aromatic N) is 2. The van der Waals surface area contributed by atoms with Gasteiger partial charge in [0, 0.05) is 18.2 Å². The van der Waals surface area contributed by atoms with Crippen molar-refractivity contribution in [2.24, 2.45) is 5.10 Å². The van der Waals surface area contributed by atoms with Crippen LogP contribution in [-0.4, -0.2) is 24.3 Å². The second-order valence-electron chi connectivity index (χ2n) is 5.71. The maximum absolute atomic E-state index is 12.3. The van der Waals surface area contributed by atoms with E-state index in [1.807, 2.05) is 43.3 Å². The molecule has 1 aromatic heterocycles. The molecule has 28 heavy (non-hydrogen) atoms. The van der Waals surface area contributed by atoms with Crippen molar-refractivity contribution in [2.75, 3.05) is 7.11 Å². The van der Waals surface area contributed by atoms with Gasteiger partial charge in [-0.1, -0.05) is 37.3 Å². The van der Waals surface area contributed by atoms with Gasteiger partial charge in [-0.05, 0) is 18.6 Å². The van der Waals surface area contributed by atoms with Crippen LogP contribution in [0, 0.1) is 12.3 Å². The molecule has 0 bridgehead atoms. The third kappa shape index (κ3) is 5.04. The molecule has 0 spiro atoms. The molecule has 0 atom stereocenters. The van der Waals surface area contributed by atoms with Gasteiger partial charge >= 0.3 is 5.97 Å². The first-order valence-electron chi connectivity index (χ1n) is 8.91. The standard InChI is InChI=1S/C18H18N2O4.C4H6/c1-3-19-20-11-14-9-10-23-16(14)17(15(20)18(21)22-2)24-12-13-7-5-4-6-8-13;1-3-4-2/h3-10H,11-12H2,1-2H3;1H,4H2,2H3/b19-3-;. The number of hydrazone groups is 1. The van der Waals surface area contributed by atoms with E-state index in [4.69, 9.17) is 20.3 Å². The Morgan fingerprint density at radius 3 is 2.68 bits per heavy atom. The molecule has 6 heteroatoms. The van der Waals surface area contributed by atoms with E-state index in [0.29, 0.717) is 24.7 Å². The average Bonchev–Trinajstić information content (AvgIpc) is 3.20. The molecule has 3 rings (SSSR count). The summed E-state index contributed by atoms with van der Waals surface area (Å²) in [6.07, 6.45) is 8.81. The molecule has 0 amide bonds. The lowest BCUT2D eigenvalue weighted by atomic mass is 10.1. The average molecular weight is 380 g/mol. The van der Waals surface area contributed by atoms with Gasteiger partial charge in [-0.2, -0.15) is 5.10 Å². The van der Waals surface area contributed by atoms with Crippen LogP contribution in [0.4, 0.5) is 0 Å². The fourth-order valence-corrected chi connectivity index (χ4v) is 2.52. The van der Waals surface area contributed by atoms with E-state index in [1.165, 1.54) is 7.11 Å². The maximum atomic E-state index is 12.3. The minimum atomic E-state index is -0.522. The molecular weight excluding hydrogens is 356 g/mol. The molecule has 0 unspecified atom stereocenters. The number of hydrogen-bond acceptors (Lipinski definition) is 6. The zero-order valence-electron chi connectivity index (χ0n) is 16.3. The predicted molar refractivity (Wildman–Crippen MR) is 108 cm³/mol. The van der Waals surface area contributed by atoms with Crippen molar-refractivity contribution < 1.29 is 18.7 Å². The van der Waals surface area contributed by atoms with Crippen LogP contribution in [0.1, 0.15) is 37.2 Å². The molecule has 1 aromatic carbocycles. The third-order valence-corrected chi connectivity index (χ3v) is 3.81. The number of carbonyl (C=O) groups is 1. The van der Waals surface area contributed by atoms with Gasteiger partial charge in [-0.3, -0.25) is 5.01 Å². The fourth-order valence-electron chi connectivity index (χ4n) is 2.52. The number of terminal acetylenes is 1. The number of carbonyl (C=O) groups excluding carboxylic acids is 1. The Bertz CT molecular complexity index is 875. The van der Waals surface area contributed by atoms with E-state index >= 15 is 0 Å². The van der Waals surface area contributed by atoms with Gasteiger partial charge in [0.05, 0.1) is 19.9 Å². The Balaban J connectivity index is 0.000000640.